The van der Waals surface area contributed by atoms with Gasteiger partial charge in [-0.25, -0.2) is 0 Å². The topological polar surface area (TPSA) is 43.3 Å². The molecule has 0 aliphatic carbocycles. The van der Waals surface area contributed by atoms with Crippen LogP contribution in [0.25, 0.3) is 0 Å². The number of carbonyl (C=O) groups is 1. The molecule has 0 spiro atoms. The van der Waals surface area contributed by atoms with Crippen molar-refractivity contribution in [2.45, 2.75) is 18.9 Å². The van der Waals surface area contributed by atoms with Crippen LogP contribution in [0.2, 0.25) is 0 Å². The molecule has 2 heterocycles. The van der Waals surface area contributed by atoms with Gasteiger partial charge < -0.3 is 14.6 Å². The van der Waals surface area contributed by atoms with Gasteiger partial charge in [0.2, 0.25) is 0 Å². The molecule has 1 aromatic rings. The third-order valence-corrected chi connectivity index (χ3v) is 3.15. The number of nitrogens with one attached hydrogen (secondary N) is 1. The molecule has 1 fully saturated rings. The van der Waals surface area contributed by atoms with Crippen LogP contribution in [-0.4, -0.2) is 29.7 Å². The Balaban J connectivity index is 1.90. The molecule has 1 unspecified atom stereocenters. The number of aryl methyl sites for hydroxylation is 1. The van der Waals surface area contributed by atoms with E-state index in [1.54, 1.807) is 4.57 Å². The number of carbonyl (C=O) groups excluding carboxylic acids is 1. The Kier molecular flexibility index (Phi) is 3.66. The molecule has 0 saturated carbocycles. The Morgan fingerprint density at radius 2 is 2.56 bits per heavy atom. The van der Waals surface area contributed by atoms with E-state index >= 15 is 0 Å². The first kappa shape index (κ1) is 11.7. The average Bonchev–Trinajstić information content (AvgIpc) is 2.84. The average molecular weight is 287 g/mol. The molecule has 4 nitrogen and oxygen atoms in total. The molecule has 1 saturated heterocycles. The van der Waals surface area contributed by atoms with E-state index in [1.807, 2.05) is 19.3 Å². The summed E-state index contributed by atoms with van der Waals surface area (Å²) in [5.41, 5.74) is 0.657. The summed E-state index contributed by atoms with van der Waals surface area (Å²) in [6.45, 7) is 1.41. The Hall–Kier alpha value is -0.810. The van der Waals surface area contributed by atoms with Crippen LogP contribution >= 0.6 is 15.9 Å². The fourth-order valence-electron chi connectivity index (χ4n) is 1.85. The zero-order valence-electron chi connectivity index (χ0n) is 9.20. The Morgan fingerprint density at radius 1 is 1.75 bits per heavy atom. The lowest BCUT2D eigenvalue weighted by atomic mass is 10.2. The quantitative estimate of drug-likeness (QED) is 0.919. The predicted octanol–water partition coefficient (Wildman–Crippen LogP) is 1.70. The number of hydrogen-bond acceptors (Lipinski definition) is 2. The van der Waals surface area contributed by atoms with Crippen LogP contribution in [0.4, 0.5) is 0 Å². The molecule has 1 amide bonds. The van der Waals surface area contributed by atoms with Gasteiger partial charge in [0.05, 0.1) is 6.10 Å². The lowest BCUT2D eigenvalue weighted by molar-refractivity contribution is 0.0851. The summed E-state index contributed by atoms with van der Waals surface area (Å²) in [6, 6.07) is 1.81. The highest BCUT2D eigenvalue weighted by Gasteiger charge is 2.17. The van der Waals surface area contributed by atoms with Gasteiger partial charge in [0.25, 0.3) is 5.91 Å². The van der Waals surface area contributed by atoms with E-state index in [0.29, 0.717) is 12.2 Å². The van der Waals surface area contributed by atoms with E-state index in [4.69, 9.17) is 4.74 Å². The van der Waals surface area contributed by atoms with E-state index in [0.717, 1.165) is 23.9 Å². The molecule has 5 heteroatoms. The number of hydrogen-bond donors (Lipinski definition) is 1. The summed E-state index contributed by atoms with van der Waals surface area (Å²) < 4.78 is 8.16. The van der Waals surface area contributed by atoms with E-state index < -0.39 is 0 Å². The van der Waals surface area contributed by atoms with Gasteiger partial charge >= 0.3 is 0 Å². The van der Waals surface area contributed by atoms with Crippen LogP contribution in [0.3, 0.4) is 0 Å². The van der Waals surface area contributed by atoms with Gasteiger partial charge in [-0.3, -0.25) is 4.79 Å². The number of halogens is 1. The fourth-order valence-corrected chi connectivity index (χ4v) is 2.38. The minimum atomic E-state index is -0.0521. The van der Waals surface area contributed by atoms with Crippen molar-refractivity contribution in [2.24, 2.45) is 7.05 Å². The van der Waals surface area contributed by atoms with Gasteiger partial charge in [-0.1, -0.05) is 0 Å². The molecule has 0 radical (unpaired) electrons. The van der Waals surface area contributed by atoms with Crippen LogP contribution in [0, 0.1) is 0 Å². The molecule has 1 aliphatic heterocycles. The first-order valence-corrected chi connectivity index (χ1v) is 6.18. The number of amides is 1. The molecular formula is C11H15BrN2O2. The molecule has 0 bridgehead atoms. The Bertz CT molecular complexity index is 383. The maximum atomic E-state index is 11.8. The second kappa shape index (κ2) is 5.01. The molecule has 1 N–H and O–H groups in total. The molecule has 16 heavy (non-hydrogen) atoms. The van der Waals surface area contributed by atoms with E-state index in [2.05, 4.69) is 21.2 Å². The van der Waals surface area contributed by atoms with Gasteiger partial charge in [-0.05, 0) is 34.8 Å². The second-order valence-electron chi connectivity index (χ2n) is 4.00. The zero-order chi connectivity index (χ0) is 11.5. The van der Waals surface area contributed by atoms with Crippen molar-refractivity contribution in [1.29, 1.82) is 0 Å². The first-order valence-electron chi connectivity index (χ1n) is 5.38. The molecule has 2 rings (SSSR count). The van der Waals surface area contributed by atoms with E-state index in [-0.39, 0.29) is 12.0 Å². The van der Waals surface area contributed by atoms with Gasteiger partial charge in [0.15, 0.2) is 0 Å². The lowest BCUT2D eigenvalue weighted by Gasteiger charge is -2.10. The number of nitrogens with zero attached hydrogens (tertiary/aromatic N) is 1. The van der Waals surface area contributed by atoms with E-state index in [9.17, 15) is 4.79 Å². The fraction of sp³-hybridized carbons (Fsp3) is 0.545. The normalized spacial score (nSPS) is 20.0. The highest BCUT2D eigenvalue weighted by Crippen LogP contribution is 2.14. The molecule has 0 aromatic carbocycles. The second-order valence-corrected chi connectivity index (χ2v) is 4.92. The number of rotatable bonds is 3. The Labute approximate surface area is 103 Å². The van der Waals surface area contributed by atoms with Crippen LogP contribution in [0.15, 0.2) is 16.7 Å². The largest absolute Gasteiger partial charge is 0.376 e. The first-order chi connectivity index (χ1) is 7.66. The molecule has 88 valence electrons. The zero-order valence-corrected chi connectivity index (χ0v) is 10.8. The van der Waals surface area contributed by atoms with Crippen LogP contribution in [0.5, 0.6) is 0 Å². The molecule has 1 atom stereocenters. The van der Waals surface area contributed by atoms with E-state index in [1.165, 1.54) is 0 Å². The predicted molar refractivity (Wildman–Crippen MR) is 64.4 cm³/mol. The third kappa shape index (κ3) is 2.65. The molecule has 1 aliphatic rings. The SMILES string of the molecule is Cn1cc(Br)cc1C(=O)NCC1CCCO1. The molecule has 1 aromatic heterocycles. The van der Waals surface area contributed by atoms with Gasteiger partial charge in [0, 0.05) is 30.9 Å². The maximum absolute atomic E-state index is 11.8. The van der Waals surface area contributed by atoms with Gasteiger partial charge in [-0.15, -0.1) is 0 Å². The lowest BCUT2D eigenvalue weighted by Crippen LogP contribution is -2.32. The summed E-state index contributed by atoms with van der Waals surface area (Å²) in [5.74, 6) is -0.0521. The smallest absolute Gasteiger partial charge is 0.268 e. The monoisotopic (exact) mass is 286 g/mol. The highest BCUT2D eigenvalue weighted by molar-refractivity contribution is 9.10. The van der Waals surface area contributed by atoms with Gasteiger partial charge in [0.1, 0.15) is 5.69 Å². The minimum Gasteiger partial charge on any atom is -0.376 e. The van der Waals surface area contributed by atoms with Crippen LogP contribution in [0.1, 0.15) is 23.3 Å². The van der Waals surface area contributed by atoms with Crippen LogP contribution < -0.4 is 5.32 Å². The third-order valence-electron chi connectivity index (χ3n) is 2.72. The summed E-state index contributed by atoms with van der Waals surface area (Å²) in [5, 5.41) is 2.89. The van der Waals surface area contributed by atoms with Crippen molar-refractivity contribution in [1.82, 2.24) is 9.88 Å². The highest BCUT2D eigenvalue weighted by atomic mass is 79.9. The van der Waals surface area contributed by atoms with Crippen molar-refractivity contribution in [2.75, 3.05) is 13.2 Å². The molecular weight excluding hydrogens is 272 g/mol. The van der Waals surface area contributed by atoms with Crippen molar-refractivity contribution in [3.05, 3.63) is 22.4 Å². The Morgan fingerprint density at radius 3 is 3.12 bits per heavy atom. The van der Waals surface area contributed by atoms with Crippen molar-refractivity contribution < 1.29 is 9.53 Å². The summed E-state index contributed by atoms with van der Waals surface area (Å²) >= 11 is 3.34. The number of ether oxygens (including phenoxy) is 1. The number of aromatic nitrogens is 1. The summed E-state index contributed by atoms with van der Waals surface area (Å²) in [6.07, 6.45) is 4.18. The minimum absolute atomic E-state index is 0.0521. The van der Waals surface area contributed by atoms with Gasteiger partial charge in [-0.2, -0.15) is 0 Å². The summed E-state index contributed by atoms with van der Waals surface area (Å²) in [7, 11) is 1.85. The van der Waals surface area contributed by atoms with Crippen molar-refractivity contribution in [3.8, 4) is 0 Å². The van der Waals surface area contributed by atoms with Crippen molar-refractivity contribution >= 4 is 21.8 Å². The standard InChI is InChI=1S/C11H15BrN2O2/c1-14-7-8(12)5-10(14)11(15)13-6-9-3-2-4-16-9/h5,7,9H,2-4,6H2,1H3,(H,13,15). The summed E-state index contributed by atoms with van der Waals surface area (Å²) in [4.78, 5) is 11.8. The van der Waals surface area contributed by atoms with Crippen LogP contribution in [-0.2, 0) is 11.8 Å². The maximum Gasteiger partial charge on any atom is 0.268 e. The van der Waals surface area contributed by atoms with Crippen molar-refractivity contribution in [3.63, 3.8) is 0 Å².